The van der Waals surface area contributed by atoms with Gasteiger partial charge in [-0.2, -0.15) is 0 Å². The molecule has 4 nitrogen and oxygen atoms in total. The number of hydrogen-bond donors (Lipinski definition) is 0. The van der Waals surface area contributed by atoms with E-state index in [1.807, 2.05) is 53.1 Å². The minimum Gasteiger partial charge on any atom is -0.260 e. The first-order valence-corrected chi connectivity index (χ1v) is 8.45. The van der Waals surface area contributed by atoms with Crippen LogP contribution in [0.4, 0.5) is 0 Å². The summed E-state index contributed by atoms with van der Waals surface area (Å²) < 4.78 is 1.22. The summed E-state index contributed by atoms with van der Waals surface area (Å²) in [5, 5.41) is 8.58. The number of pyridine rings is 1. The van der Waals surface area contributed by atoms with Crippen LogP contribution in [0.3, 0.4) is 0 Å². The van der Waals surface area contributed by atoms with Gasteiger partial charge in [-0.05, 0) is 12.1 Å². The number of rotatable bonds is 2. The summed E-state index contributed by atoms with van der Waals surface area (Å²) in [7, 11) is 0. The van der Waals surface area contributed by atoms with Crippen LogP contribution in [0.25, 0.3) is 17.2 Å². The highest BCUT2D eigenvalue weighted by molar-refractivity contribution is 9.38. The van der Waals surface area contributed by atoms with Crippen LogP contribution in [-0.4, -0.2) is 19.7 Å². The fourth-order valence-electron chi connectivity index (χ4n) is 1.95. The maximum atomic E-state index is 4.40. The van der Waals surface area contributed by atoms with E-state index in [1.54, 1.807) is 6.20 Å². The summed E-state index contributed by atoms with van der Waals surface area (Å²) in [6, 6.07) is 15.6. The normalized spacial score (nSPS) is 11.6. The van der Waals surface area contributed by atoms with Gasteiger partial charge < -0.3 is 0 Å². The Balaban J connectivity index is 2.26. The van der Waals surface area contributed by atoms with Crippen molar-refractivity contribution in [2.24, 2.45) is 0 Å². The van der Waals surface area contributed by atoms with Crippen LogP contribution in [0, 0.1) is 0 Å². The second kappa shape index (κ2) is 5.98. The molecule has 3 aromatic rings. The van der Waals surface area contributed by atoms with Crippen molar-refractivity contribution < 1.29 is 0 Å². The van der Waals surface area contributed by atoms with Gasteiger partial charge in [-0.3, -0.25) is 4.57 Å². The zero-order valence-electron chi connectivity index (χ0n) is 10.6. The molecule has 0 amide bonds. The lowest BCUT2D eigenvalue weighted by Gasteiger charge is -2.14. The van der Waals surface area contributed by atoms with Crippen molar-refractivity contribution in [3.05, 3.63) is 60.6 Å². The van der Waals surface area contributed by atoms with Gasteiger partial charge in [0.2, 0.25) is 0 Å². The van der Waals surface area contributed by atoms with E-state index in [2.05, 4.69) is 63.0 Å². The van der Waals surface area contributed by atoms with Gasteiger partial charge in [-0.25, -0.2) is 4.98 Å². The van der Waals surface area contributed by atoms with Crippen molar-refractivity contribution in [3.8, 4) is 17.2 Å². The predicted octanol–water partition coefficient (Wildman–Crippen LogP) is 4.62. The maximum absolute atomic E-state index is 4.40. The topological polar surface area (TPSA) is 43.6 Å². The summed E-state index contributed by atoms with van der Waals surface area (Å²) in [6.45, 7) is 0. The molecule has 7 heteroatoms. The Kier molecular flexibility index (Phi) is 4.24. The Morgan fingerprint density at radius 1 is 0.857 bits per heavy atom. The van der Waals surface area contributed by atoms with E-state index in [9.17, 15) is 0 Å². The fourth-order valence-corrected chi connectivity index (χ4v) is 2.71. The van der Waals surface area contributed by atoms with Gasteiger partial charge in [-0.15, -0.1) is 10.2 Å². The quantitative estimate of drug-likeness (QED) is 0.511. The molecule has 0 radical (unpaired) electrons. The lowest BCUT2D eigenvalue weighted by Crippen LogP contribution is -2.11. The van der Waals surface area contributed by atoms with Crippen molar-refractivity contribution in [2.45, 2.75) is 2.14 Å². The third-order valence-electron chi connectivity index (χ3n) is 2.83. The Morgan fingerprint density at radius 2 is 1.57 bits per heavy atom. The molecule has 0 fully saturated rings. The molecule has 0 saturated heterocycles. The molecule has 0 saturated carbocycles. The average molecular weight is 473 g/mol. The van der Waals surface area contributed by atoms with Gasteiger partial charge in [0, 0.05) is 11.8 Å². The fraction of sp³-hybridized carbons (Fsp3) is 0.0714. The first-order chi connectivity index (χ1) is 10.1. The van der Waals surface area contributed by atoms with Gasteiger partial charge in [0.05, 0.1) is 0 Å². The van der Waals surface area contributed by atoms with Crippen molar-refractivity contribution in [3.63, 3.8) is 0 Å². The molecule has 106 valence electrons. The summed E-state index contributed by atoms with van der Waals surface area (Å²) in [4.78, 5) is 4.40. The minimum atomic E-state index is -0.676. The van der Waals surface area contributed by atoms with Crippen LogP contribution in [-0.2, 0) is 2.14 Å². The standard InChI is InChI=1S/C14H9Br3N4/c15-14(16,17)13-20-19-12(10-6-2-1-3-7-10)21(13)11-8-4-5-9-18-11/h1-9H. The number of alkyl halides is 3. The van der Waals surface area contributed by atoms with Gasteiger partial charge in [-0.1, -0.05) is 84.2 Å². The number of halogens is 3. The molecule has 0 atom stereocenters. The highest BCUT2D eigenvalue weighted by atomic mass is 80.0. The van der Waals surface area contributed by atoms with E-state index in [1.165, 1.54) is 0 Å². The lowest BCUT2D eigenvalue weighted by molar-refractivity contribution is 0.913. The molecule has 0 spiro atoms. The molecule has 0 N–H and O–H groups in total. The van der Waals surface area contributed by atoms with Crippen LogP contribution < -0.4 is 0 Å². The molecular formula is C14H9Br3N4. The maximum Gasteiger partial charge on any atom is 0.194 e. The van der Waals surface area contributed by atoms with Crippen LogP contribution >= 0.6 is 47.8 Å². The lowest BCUT2D eigenvalue weighted by atomic mass is 10.2. The molecule has 2 heterocycles. The first-order valence-electron chi connectivity index (χ1n) is 6.07. The molecule has 0 aliphatic heterocycles. The monoisotopic (exact) mass is 470 g/mol. The number of aromatic nitrogens is 4. The van der Waals surface area contributed by atoms with Crippen LogP contribution in [0.2, 0.25) is 0 Å². The number of hydrogen-bond acceptors (Lipinski definition) is 3. The van der Waals surface area contributed by atoms with Crippen molar-refractivity contribution in [1.29, 1.82) is 0 Å². The van der Waals surface area contributed by atoms with E-state index in [-0.39, 0.29) is 0 Å². The minimum absolute atomic E-state index is 0.653. The molecule has 0 aliphatic carbocycles. The average Bonchev–Trinajstić information content (AvgIpc) is 2.94. The molecule has 0 unspecified atom stereocenters. The molecular weight excluding hydrogens is 464 g/mol. The highest BCUT2D eigenvalue weighted by Crippen LogP contribution is 2.44. The summed E-state index contributed by atoms with van der Waals surface area (Å²) in [5.74, 6) is 2.13. The predicted molar refractivity (Wildman–Crippen MR) is 93.0 cm³/mol. The van der Waals surface area contributed by atoms with Crippen LogP contribution in [0.5, 0.6) is 0 Å². The van der Waals surface area contributed by atoms with Gasteiger partial charge in [0.1, 0.15) is 5.82 Å². The van der Waals surface area contributed by atoms with Crippen LogP contribution in [0.1, 0.15) is 5.82 Å². The summed E-state index contributed by atoms with van der Waals surface area (Å²) in [5.41, 5.74) is 0.971. The molecule has 0 bridgehead atoms. The number of nitrogens with zero attached hydrogens (tertiary/aromatic N) is 4. The SMILES string of the molecule is BrC(Br)(Br)c1nnc(-c2ccccc2)n1-c1ccccn1. The zero-order chi connectivity index (χ0) is 14.9. The molecule has 3 rings (SSSR count). The number of benzene rings is 1. The summed E-state index contributed by atoms with van der Waals surface area (Å²) in [6.07, 6.45) is 1.74. The Hall–Kier alpha value is -1.05. The summed E-state index contributed by atoms with van der Waals surface area (Å²) >= 11 is 10.5. The van der Waals surface area contributed by atoms with Crippen molar-refractivity contribution in [1.82, 2.24) is 19.7 Å². The van der Waals surface area contributed by atoms with Crippen molar-refractivity contribution >= 4 is 47.8 Å². The van der Waals surface area contributed by atoms with E-state index < -0.39 is 2.14 Å². The second-order valence-corrected chi connectivity index (χ2v) is 11.0. The largest absolute Gasteiger partial charge is 0.260 e. The van der Waals surface area contributed by atoms with Gasteiger partial charge in [0.15, 0.2) is 13.8 Å². The zero-order valence-corrected chi connectivity index (χ0v) is 15.4. The van der Waals surface area contributed by atoms with Gasteiger partial charge >= 0.3 is 0 Å². The molecule has 21 heavy (non-hydrogen) atoms. The van der Waals surface area contributed by atoms with Gasteiger partial charge in [0.25, 0.3) is 0 Å². The Labute approximate surface area is 147 Å². The van der Waals surface area contributed by atoms with E-state index in [4.69, 9.17) is 0 Å². The Bertz CT molecular complexity index is 736. The second-order valence-electron chi connectivity index (χ2n) is 4.23. The van der Waals surface area contributed by atoms with Crippen molar-refractivity contribution in [2.75, 3.05) is 0 Å². The molecule has 2 aromatic heterocycles. The smallest absolute Gasteiger partial charge is 0.194 e. The van der Waals surface area contributed by atoms with E-state index in [0.29, 0.717) is 5.82 Å². The van der Waals surface area contributed by atoms with E-state index in [0.717, 1.165) is 17.2 Å². The third-order valence-corrected chi connectivity index (χ3v) is 3.89. The highest BCUT2D eigenvalue weighted by Gasteiger charge is 2.31. The molecule has 1 aromatic carbocycles. The van der Waals surface area contributed by atoms with E-state index >= 15 is 0 Å². The van der Waals surface area contributed by atoms with Crippen LogP contribution in [0.15, 0.2) is 54.7 Å². The molecule has 0 aliphatic rings. The Morgan fingerprint density at radius 3 is 2.19 bits per heavy atom. The third kappa shape index (κ3) is 3.09. The first kappa shape index (κ1) is 14.9.